The van der Waals surface area contributed by atoms with Crippen LogP contribution in [-0.4, -0.2) is 24.1 Å². The standard InChI is InChI=1S/C14H22N2O2/c1-10(2)8-16-14(18)9-15-11(3)12-6-4-5-7-13(12)17/h4-7,10-11,15,17H,8-9H2,1-3H3,(H,16,18). The fraction of sp³-hybridized carbons (Fsp3) is 0.500. The van der Waals surface area contributed by atoms with E-state index in [1.807, 2.05) is 19.1 Å². The number of hydrogen-bond acceptors (Lipinski definition) is 3. The van der Waals surface area contributed by atoms with Crippen LogP contribution in [0.3, 0.4) is 0 Å². The number of nitrogens with one attached hydrogen (secondary N) is 2. The highest BCUT2D eigenvalue weighted by atomic mass is 16.3. The van der Waals surface area contributed by atoms with Crippen molar-refractivity contribution in [1.29, 1.82) is 0 Å². The minimum Gasteiger partial charge on any atom is -0.508 e. The third-order valence-corrected chi connectivity index (χ3v) is 2.68. The zero-order valence-corrected chi connectivity index (χ0v) is 11.2. The van der Waals surface area contributed by atoms with Crippen molar-refractivity contribution in [1.82, 2.24) is 10.6 Å². The number of para-hydroxylation sites is 1. The SMILES string of the molecule is CC(C)CNC(=O)CNC(C)c1ccccc1O. The van der Waals surface area contributed by atoms with Crippen molar-refractivity contribution < 1.29 is 9.90 Å². The van der Waals surface area contributed by atoms with E-state index in [1.165, 1.54) is 0 Å². The molecule has 1 atom stereocenters. The summed E-state index contributed by atoms with van der Waals surface area (Å²) in [7, 11) is 0. The Morgan fingerprint density at radius 3 is 2.56 bits per heavy atom. The van der Waals surface area contributed by atoms with Crippen LogP contribution in [-0.2, 0) is 4.79 Å². The maximum Gasteiger partial charge on any atom is 0.233 e. The van der Waals surface area contributed by atoms with Crippen molar-refractivity contribution >= 4 is 5.91 Å². The van der Waals surface area contributed by atoms with Crippen LogP contribution < -0.4 is 10.6 Å². The molecular formula is C14H22N2O2. The van der Waals surface area contributed by atoms with Gasteiger partial charge >= 0.3 is 0 Å². The topological polar surface area (TPSA) is 61.4 Å². The van der Waals surface area contributed by atoms with Gasteiger partial charge in [-0.1, -0.05) is 32.0 Å². The van der Waals surface area contributed by atoms with E-state index in [1.54, 1.807) is 12.1 Å². The van der Waals surface area contributed by atoms with Gasteiger partial charge in [0, 0.05) is 18.2 Å². The van der Waals surface area contributed by atoms with Crippen LogP contribution in [0.5, 0.6) is 5.75 Å². The highest BCUT2D eigenvalue weighted by molar-refractivity contribution is 5.78. The summed E-state index contributed by atoms with van der Waals surface area (Å²) in [4.78, 5) is 11.5. The Morgan fingerprint density at radius 1 is 1.28 bits per heavy atom. The van der Waals surface area contributed by atoms with Crippen LogP contribution in [0.25, 0.3) is 0 Å². The fourth-order valence-corrected chi connectivity index (χ4v) is 1.59. The quantitative estimate of drug-likeness (QED) is 0.721. The van der Waals surface area contributed by atoms with Gasteiger partial charge in [-0.05, 0) is 18.9 Å². The van der Waals surface area contributed by atoms with E-state index in [9.17, 15) is 9.90 Å². The Kier molecular flexibility index (Phi) is 5.65. The first kappa shape index (κ1) is 14.5. The molecule has 3 N–H and O–H groups in total. The second kappa shape index (κ2) is 7.01. The van der Waals surface area contributed by atoms with E-state index in [0.29, 0.717) is 12.5 Å². The smallest absolute Gasteiger partial charge is 0.233 e. The van der Waals surface area contributed by atoms with E-state index in [-0.39, 0.29) is 24.2 Å². The van der Waals surface area contributed by atoms with Crippen LogP contribution >= 0.6 is 0 Å². The maximum absolute atomic E-state index is 11.5. The van der Waals surface area contributed by atoms with Crippen molar-refractivity contribution in [2.75, 3.05) is 13.1 Å². The number of benzene rings is 1. The number of carbonyl (C=O) groups is 1. The highest BCUT2D eigenvalue weighted by Crippen LogP contribution is 2.22. The minimum atomic E-state index is -0.0593. The number of hydrogen-bond donors (Lipinski definition) is 3. The first-order valence-electron chi connectivity index (χ1n) is 6.28. The van der Waals surface area contributed by atoms with Gasteiger partial charge in [-0.15, -0.1) is 0 Å². The molecule has 1 aromatic rings. The van der Waals surface area contributed by atoms with Gasteiger partial charge in [0.1, 0.15) is 5.75 Å². The first-order valence-corrected chi connectivity index (χ1v) is 6.28. The summed E-state index contributed by atoms with van der Waals surface area (Å²) < 4.78 is 0. The Bertz CT molecular complexity index is 391. The van der Waals surface area contributed by atoms with Crippen LogP contribution in [0.2, 0.25) is 0 Å². The zero-order valence-electron chi connectivity index (χ0n) is 11.2. The molecular weight excluding hydrogens is 228 g/mol. The molecule has 0 aliphatic carbocycles. The normalized spacial score (nSPS) is 12.4. The summed E-state index contributed by atoms with van der Waals surface area (Å²) in [6.45, 7) is 6.97. The Hall–Kier alpha value is -1.55. The van der Waals surface area contributed by atoms with Crippen molar-refractivity contribution in [2.24, 2.45) is 5.92 Å². The van der Waals surface area contributed by atoms with E-state index in [2.05, 4.69) is 24.5 Å². The second-order valence-electron chi connectivity index (χ2n) is 4.86. The summed E-state index contributed by atoms with van der Waals surface area (Å²) >= 11 is 0. The van der Waals surface area contributed by atoms with Crippen LogP contribution in [0, 0.1) is 5.92 Å². The molecule has 0 bridgehead atoms. The van der Waals surface area contributed by atoms with Gasteiger partial charge in [0.15, 0.2) is 0 Å². The number of aromatic hydroxyl groups is 1. The van der Waals surface area contributed by atoms with Crippen molar-refractivity contribution in [3.63, 3.8) is 0 Å². The Balaban J connectivity index is 2.39. The molecule has 1 amide bonds. The Labute approximate surface area is 108 Å². The van der Waals surface area contributed by atoms with Gasteiger partial charge in [-0.3, -0.25) is 4.79 Å². The molecule has 4 nitrogen and oxygen atoms in total. The lowest BCUT2D eigenvalue weighted by atomic mass is 10.1. The van der Waals surface area contributed by atoms with Gasteiger partial charge in [0.05, 0.1) is 6.54 Å². The molecule has 0 radical (unpaired) electrons. The molecule has 0 fully saturated rings. The van der Waals surface area contributed by atoms with E-state index >= 15 is 0 Å². The van der Waals surface area contributed by atoms with Gasteiger partial charge in [-0.2, -0.15) is 0 Å². The predicted octanol–water partition coefficient (Wildman–Crippen LogP) is 1.81. The third kappa shape index (κ3) is 4.75. The molecule has 18 heavy (non-hydrogen) atoms. The van der Waals surface area contributed by atoms with Gasteiger partial charge in [0.2, 0.25) is 5.91 Å². The monoisotopic (exact) mass is 250 g/mol. The number of rotatable bonds is 6. The first-order chi connectivity index (χ1) is 8.50. The van der Waals surface area contributed by atoms with E-state index in [4.69, 9.17) is 0 Å². The number of phenols is 1. The molecule has 100 valence electrons. The number of carbonyl (C=O) groups excluding carboxylic acids is 1. The van der Waals surface area contributed by atoms with Crippen LogP contribution in [0.1, 0.15) is 32.4 Å². The molecule has 1 aromatic carbocycles. The lowest BCUT2D eigenvalue weighted by molar-refractivity contribution is -0.120. The molecule has 1 rings (SSSR count). The summed E-state index contributed by atoms with van der Waals surface area (Å²) in [6.07, 6.45) is 0. The molecule has 0 saturated carbocycles. The summed E-state index contributed by atoms with van der Waals surface area (Å²) in [5.74, 6) is 0.676. The minimum absolute atomic E-state index is 0.0222. The highest BCUT2D eigenvalue weighted by Gasteiger charge is 2.10. The predicted molar refractivity (Wildman–Crippen MR) is 72.4 cm³/mol. The summed E-state index contributed by atoms with van der Waals surface area (Å²) in [5, 5.41) is 15.6. The fourth-order valence-electron chi connectivity index (χ4n) is 1.59. The summed E-state index contributed by atoms with van der Waals surface area (Å²) in [6, 6.07) is 7.08. The molecule has 0 saturated heterocycles. The molecule has 0 aromatic heterocycles. The lowest BCUT2D eigenvalue weighted by Gasteiger charge is -2.15. The molecule has 4 heteroatoms. The van der Waals surface area contributed by atoms with Crippen molar-refractivity contribution in [3.05, 3.63) is 29.8 Å². The van der Waals surface area contributed by atoms with Crippen LogP contribution in [0.15, 0.2) is 24.3 Å². The average molecular weight is 250 g/mol. The third-order valence-electron chi connectivity index (χ3n) is 2.68. The van der Waals surface area contributed by atoms with E-state index < -0.39 is 0 Å². The van der Waals surface area contributed by atoms with Gasteiger partial charge in [0.25, 0.3) is 0 Å². The molecule has 1 unspecified atom stereocenters. The largest absolute Gasteiger partial charge is 0.508 e. The van der Waals surface area contributed by atoms with Gasteiger partial charge < -0.3 is 15.7 Å². The Morgan fingerprint density at radius 2 is 1.94 bits per heavy atom. The molecule has 0 aliphatic heterocycles. The van der Waals surface area contributed by atoms with E-state index in [0.717, 1.165) is 5.56 Å². The molecule has 0 spiro atoms. The number of phenolic OH excluding ortho intramolecular Hbond substituents is 1. The number of amides is 1. The van der Waals surface area contributed by atoms with Crippen molar-refractivity contribution in [2.45, 2.75) is 26.8 Å². The van der Waals surface area contributed by atoms with Crippen molar-refractivity contribution in [3.8, 4) is 5.75 Å². The molecule has 0 aliphatic rings. The maximum atomic E-state index is 11.5. The molecule has 0 heterocycles. The van der Waals surface area contributed by atoms with Crippen LogP contribution in [0.4, 0.5) is 0 Å². The lowest BCUT2D eigenvalue weighted by Crippen LogP contribution is -2.36. The zero-order chi connectivity index (χ0) is 13.5. The van der Waals surface area contributed by atoms with Gasteiger partial charge in [-0.25, -0.2) is 0 Å². The second-order valence-corrected chi connectivity index (χ2v) is 4.86. The summed E-state index contributed by atoms with van der Waals surface area (Å²) in [5.41, 5.74) is 0.800. The average Bonchev–Trinajstić information content (AvgIpc) is 2.34.